The SMILES string of the molecule is O=C(Nc1ccc(Cl)cc1)N1CC[C@@H](Oc2ccncn2)C1. The molecule has 1 N–H and O–H groups in total. The van der Waals surface area contributed by atoms with Gasteiger partial charge in [-0.15, -0.1) is 0 Å². The predicted molar refractivity (Wildman–Crippen MR) is 83.1 cm³/mol. The molecule has 1 aromatic heterocycles. The van der Waals surface area contributed by atoms with Gasteiger partial charge in [0.05, 0.1) is 6.54 Å². The van der Waals surface area contributed by atoms with Crippen molar-refractivity contribution in [2.45, 2.75) is 12.5 Å². The van der Waals surface area contributed by atoms with Gasteiger partial charge < -0.3 is 15.0 Å². The molecule has 114 valence electrons. The molecule has 1 fully saturated rings. The molecule has 1 atom stereocenters. The van der Waals surface area contributed by atoms with Gasteiger partial charge in [0.25, 0.3) is 0 Å². The molecule has 3 rings (SSSR count). The summed E-state index contributed by atoms with van der Waals surface area (Å²) >= 11 is 5.82. The van der Waals surface area contributed by atoms with Crippen molar-refractivity contribution in [2.75, 3.05) is 18.4 Å². The highest BCUT2D eigenvalue weighted by molar-refractivity contribution is 6.30. The van der Waals surface area contributed by atoms with E-state index in [9.17, 15) is 4.79 Å². The summed E-state index contributed by atoms with van der Waals surface area (Å²) in [6.45, 7) is 1.18. The van der Waals surface area contributed by atoms with Crippen LogP contribution in [0.2, 0.25) is 5.02 Å². The van der Waals surface area contributed by atoms with E-state index in [1.54, 1.807) is 41.4 Å². The van der Waals surface area contributed by atoms with Gasteiger partial charge in [-0.25, -0.2) is 14.8 Å². The molecule has 0 unspecified atom stereocenters. The first-order valence-corrected chi connectivity index (χ1v) is 7.33. The van der Waals surface area contributed by atoms with Gasteiger partial charge in [-0.3, -0.25) is 0 Å². The summed E-state index contributed by atoms with van der Waals surface area (Å²) in [6.07, 6.45) is 3.79. The van der Waals surface area contributed by atoms with Gasteiger partial charge in [0.15, 0.2) is 0 Å². The quantitative estimate of drug-likeness (QED) is 0.945. The number of nitrogens with zero attached hydrogens (tertiary/aromatic N) is 3. The maximum absolute atomic E-state index is 12.2. The molecule has 2 amide bonds. The molecule has 2 heterocycles. The van der Waals surface area contributed by atoms with Crippen molar-refractivity contribution in [3.8, 4) is 5.88 Å². The van der Waals surface area contributed by atoms with Crippen LogP contribution < -0.4 is 10.1 Å². The Balaban J connectivity index is 1.53. The number of likely N-dealkylation sites (tertiary alicyclic amines) is 1. The zero-order valence-corrected chi connectivity index (χ0v) is 12.5. The molecule has 0 spiro atoms. The van der Waals surface area contributed by atoms with Gasteiger partial charge in [0, 0.05) is 35.9 Å². The van der Waals surface area contributed by atoms with Crippen LogP contribution >= 0.6 is 11.6 Å². The van der Waals surface area contributed by atoms with Crippen molar-refractivity contribution in [2.24, 2.45) is 0 Å². The molecule has 0 radical (unpaired) electrons. The van der Waals surface area contributed by atoms with E-state index in [0.717, 1.165) is 12.1 Å². The minimum Gasteiger partial charge on any atom is -0.472 e. The number of nitrogens with one attached hydrogen (secondary N) is 1. The van der Waals surface area contributed by atoms with Crippen LogP contribution in [0.5, 0.6) is 5.88 Å². The molecule has 1 aliphatic heterocycles. The molecule has 7 heteroatoms. The number of anilines is 1. The average molecular weight is 319 g/mol. The third-order valence-electron chi connectivity index (χ3n) is 3.37. The maximum atomic E-state index is 12.2. The van der Waals surface area contributed by atoms with Gasteiger partial charge in [-0.1, -0.05) is 11.6 Å². The number of urea groups is 1. The third kappa shape index (κ3) is 3.65. The molecule has 2 aromatic rings. The van der Waals surface area contributed by atoms with Crippen molar-refractivity contribution in [1.82, 2.24) is 14.9 Å². The van der Waals surface area contributed by atoms with Gasteiger partial charge in [-0.2, -0.15) is 0 Å². The fraction of sp³-hybridized carbons (Fsp3) is 0.267. The Hall–Kier alpha value is -2.34. The molecule has 1 aromatic carbocycles. The Kier molecular flexibility index (Phi) is 4.39. The van der Waals surface area contributed by atoms with E-state index in [-0.39, 0.29) is 12.1 Å². The van der Waals surface area contributed by atoms with Crippen LogP contribution in [-0.2, 0) is 0 Å². The first-order chi connectivity index (χ1) is 10.7. The summed E-state index contributed by atoms with van der Waals surface area (Å²) < 4.78 is 5.73. The molecule has 0 bridgehead atoms. The van der Waals surface area contributed by atoms with Crippen molar-refractivity contribution >= 4 is 23.3 Å². The summed E-state index contributed by atoms with van der Waals surface area (Å²) in [5, 5.41) is 3.48. The first-order valence-electron chi connectivity index (χ1n) is 6.95. The van der Waals surface area contributed by atoms with Crippen LogP contribution in [0.25, 0.3) is 0 Å². The molecule has 1 aliphatic rings. The molecule has 6 nitrogen and oxygen atoms in total. The largest absolute Gasteiger partial charge is 0.472 e. The van der Waals surface area contributed by atoms with Crippen LogP contribution in [-0.4, -0.2) is 40.1 Å². The lowest BCUT2D eigenvalue weighted by Gasteiger charge is -2.17. The fourth-order valence-corrected chi connectivity index (χ4v) is 2.39. The number of benzene rings is 1. The Morgan fingerprint density at radius 1 is 1.32 bits per heavy atom. The number of hydrogen-bond acceptors (Lipinski definition) is 4. The lowest BCUT2D eigenvalue weighted by molar-refractivity contribution is 0.189. The summed E-state index contributed by atoms with van der Waals surface area (Å²) in [5.41, 5.74) is 0.717. The average Bonchev–Trinajstić information content (AvgIpc) is 2.99. The summed E-state index contributed by atoms with van der Waals surface area (Å²) in [4.78, 5) is 21.8. The van der Waals surface area contributed by atoms with E-state index < -0.39 is 0 Å². The van der Waals surface area contributed by atoms with Crippen molar-refractivity contribution in [3.05, 3.63) is 47.9 Å². The second kappa shape index (κ2) is 6.62. The Morgan fingerprint density at radius 2 is 2.14 bits per heavy atom. The second-order valence-corrected chi connectivity index (χ2v) is 5.40. The van der Waals surface area contributed by atoms with Crippen LogP contribution in [0.4, 0.5) is 10.5 Å². The van der Waals surface area contributed by atoms with Crippen molar-refractivity contribution in [1.29, 1.82) is 0 Å². The van der Waals surface area contributed by atoms with Gasteiger partial charge >= 0.3 is 6.03 Å². The Labute approximate surface area is 133 Å². The van der Waals surface area contributed by atoms with Crippen LogP contribution in [0.15, 0.2) is 42.9 Å². The fourth-order valence-electron chi connectivity index (χ4n) is 2.26. The lowest BCUT2D eigenvalue weighted by atomic mass is 10.3. The number of amides is 2. The van der Waals surface area contributed by atoms with E-state index in [0.29, 0.717) is 24.0 Å². The number of aromatic nitrogens is 2. The van der Waals surface area contributed by atoms with Crippen LogP contribution in [0.3, 0.4) is 0 Å². The predicted octanol–water partition coefficient (Wildman–Crippen LogP) is 2.82. The monoisotopic (exact) mass is 318 g/mol. The lowest BCUT2D eigenvalue weighted by Crippen LogP contribution is -2.34. The highest BCUT2D eigenvalue weighted by Gasteiger charge is 2.27. The second-order valence-electron chi connectivity index (χ2n) is 4.96. The van der Waals surface area contributed by atoms with Crippen LogP contribution in [0.1, 0.15) is 6.42 Å². The summed E-state index contributed by atoms with van der Waals surface area (Å²) in [6, 6.07) is 8.58. The third-order valence-corrected chi connectivity index (χ3v) is 3.62. The Bertz CT molecular complexity index is 636. The topological polar surface area (TPSA) is 67.4 Å². The van der Waals surface area contributed by atoms with Crippen molar-refractivity contribution in [3.63, 3.8) is 0 Å². The molecular formula is C15H15ClN4O2. The highest BCUT2D eigenvalue weighted by atomic mass is 35.5. The number of halogens is 1. The zero-order chi connectivity index (χ0) is 15.4. The van der Waals surface area contributed by atoms with E-state index in [1.807, 2.05) is 0 Å². The van der Waals surface area contributed by atoms with E-state index in [1.165, 1.54) is 6.33 Å². The van der Waals surface area contributed by atoms with Gasteiger partial charge in [-0.05, 0) is 24.3 Å². The summed E-state index contributed by atoms with van der Waals surface area (Å²) in [7, 11) is 0. The van der Waals surface area contributed by atoms with E-state index >= 15 is 0 Å². The number of rotatable bonds is 3. The number of carbonyl (C=O) groups is 1. The highest BCUT2D eigenvalue weighted by Crippen LogP contribution is 2.18. The number of carbonyl (C=O) groups excluding carboxylic acids is 1. The van der Waals surface area contributed by atoms with Gasteiger partial charge in [0.2, 0.25) is 5.88 Å². The molecule has 22 heavy (non-hydrogen) atoms. The standard InChI is InChI=1S/C15H15ClN4O2/c16-11-1-3-12(4-2-11)19-15(21)20-8-6-13(9-20)22-14-5-7-17-10-18-14/h1-5,7,10,13H,6,8-9H2,(H,19,21)/t13-/m1/s1. The van der Waals surface area contributed by atoms with Crippen molar-refractivity contribution < 1.29 is 9.53 Å². The normalized spacial score (nSPS) is 17.3. The van der Waals surface area contributed by atoms with Crippen LogP contribution in [0, 0.1) is 0 Å². The van der Waals surface area contributed by atoms with E-state index in [2.05, 4.69) is 15.3 Å². The molecule has 0 saturated carbocycles. The minimum absolute atomic E-state index is 0.0501. The molecule has 0 aliphatic carbocycles. The number of ether oxygens (including phenoxy) is 1. The zero-order valence-electron chi connectivity index (χ0n) is 11.8. The van der Waals surface area contributed by atoms with Gasteiger partial charge in [0.1, 0.15) is 12.4 Å². The number of hydrogen-bond donors (Lipinski definition) is 1. The minimum atomic E-state index is -0.142. The van der Waals surface area contributed by atoms with E-state index in [4.69, 9.17) is 16.3 Å². The maximum Gasteiger partial charge on any atom is 0.321 e. The molecular weight excluding hydrogens is 304 g/mol. The molecule has 1 saturated heterocycles. The summed E-state index contributed by atoms with van der Waals surface area (Å²) in [5.74, 6) is 0.528. The first kappa shape index (κ1) is 14.6. The Morgan fingerprint density at radius 3 is 2.86 bits per heavy atom. The smallest absolute Gasteiger partial charge is 0.321 e.